The Morgan fingerprint density at radius 2 is 1.84 bits per heavy atom. The van der Waals surface area contributed by atoms with Gasteiger partial charge in [-0.2, -0.15) is 9.97 Å². The lowest BCUT2D eigenvalue weighted by Gasteiger charge is -2.22. The van der Waals surface area contributed by atoms with Gasteiger partial charge in [0.15, 0.2) is 0 Å². The van der Waals surface area contributed by atoms with Gasteiger partial charge in [0.25, 0.3) is 0 Å². The molecule has 0 amide bonds. The summed E-state index contributed by atoms with van der Waals surface area (Å²) in [5, 5.41) is 4.53. The molecule has 168 valence electrons. The molecule has 0 radical (unpaired) electrons. The van der Waals surface area contributed by atoms with Crippen molar-refractivity contribution in [2.45, 2.75) is 25.7 Å². The van der Waals surface area contributed by atoms with E-state index in [1.807, 2.05) is 56.3 Å². The van der Waals surface area contributed by atoms with Crippen LogP contribution in [-0.4, -0.2) is 36.7 Å². The molecule has 0 aliphatic carbocycles. The number of benzene rings is 2. The van der Waals surface area contributed by atoms with Gasteiger partial charge >= 0.3 is 12.0 Å². The molecule has 32 heavy (non-hydrogen) atoms. The van der Waals surface area contributed by atoms with Crippen molar-refractivity contribution in [2.75, 3.05) is 26.1 Å². The lowest BCUT2D eigenvalue weighted by molar-refractivity contribution is -0.146. The Morgan fingerprint density at radius 3 is 2.53 bits per heavy atom. The fraction of sp³-hybridized carbons (Fsp3) is 0.292. The molecule has 6 nitrogen and oxygen atoms in total. The van der Waals surface area contributed by atoms with Gasteiger partial charge in [0.1, 0.15) is 5.82 Å². The highest BCUT2D eigenvalue weighted by molar-refractivity contribution is 6.35. The number of halogens is 2. The first-order valence-corrected chi connectivity index (χ1v) is 10.8. The predicted octanol–water partition coefficient (Wildman–Crippen LogP) is 5.56. The van der Waals surface area contributed by atoms with Crippen LogP contribution >= 0.6 is 23.2 Å². The Labute approximate surface area is 197 Å². The van der Waals surface area contributed by atoms with Crippen LogP contribution in [0.1, 0.15) is 25.0 Å². The lowest BCUT2D eigenvalue weighted by atomic mass is 9.84. The zero-order valence-corrected chi connectivity index (χ0v) is 19.9. The van der Waals surface area contributed by atoms with Crippen LogP contribution in [0.15, 0.2) is 48.5 Å². The molecular formula is C24H25Cl2N3O3. The van der Waals surface area contributed by atoms with Gasteiger partial charge in [0.2, 0.25) is 0 Å². The van der Waals surface area contributed by atoms with Crippen LogP contribution in [0.5, 0.6) is 6.01 Å². The van der Waals surface area contributed by atoms with E-state index in [2.05, 4.69) is 15.3 Å². The molecule has 0 unspecified atom stereocenters. The Bertz CT molecular complexity index is 1120. The third kappa shape index (κ3) is 5.50. The second kappa shape index (κ2) is 10.2. The molecule has 0 saturated heterocycles. The number of ether oxygens (including phenoxy) is 2. The van der Waals surface area contributed by atoms with Crippen molar-refractivity contribution in [2.24, 2.45) is 0 Å². The van der Waals surface area contributed by atoms with E-state index in [1.54, 1.807) is 6.07 Å². The van der Waals surface area contributed by atoms with Gasteiger partial charge < -0.3 is 14.8 Å². The van der Waals surface area contributed by atoms with E-state index in [0.29, 0.717) is 34.5 Å². The quantitative estimate of drug-likeness (QED) is 0.431. The normalized spacial score (nSPS) is 11.2. The van der Waals surface area contributed by atoms with Crippen molar-refractivity contribution in [1.29, 1.82) is 0 Å². The van der Waals surface area contributed by atoms with E-state index < -0.39 is 5.41 Å². The maximum atomic E-state index is 12.2. The highest BCUT2D eigenvalue weighted by Gasteiger charge is 2.31. The number of rotatable bonds is 8. The number of nitrogens with one attached hydrogen (secondary N) is 1. The zero-order valence-electron chi connectivity index (χ0n) is 18.4. The molecule has 0 fully saturated rings. The molecule has 1 heterocycles. The number of anilines is 1. The standard InChI is InChI=1S/C24H25Cl2N3O3/c1-24(2,22(30)31-3)17-7-5-6-16(12-17)20-14-21(29-23(28-20)32-4)27-11-10-15-8-9-18(25)13-19(15)26/h5-9,12-14H,10-11H2,1-4H3,(H,27,28,29). The van der Waals surface area contributed by atoms with E-state index in [0.717, 1.165) is 16.7 Å². The first-order valence-electron chi connectivity index (χ1n) is 10.0. The Balaban J connectivity index is 1.83. The molecule has 1 N–H and O–H groups in total. The molecule has 3 rings (SSSR count). The molecule has 8 heteroatoms. The minimum atomic E-state index is -0.791. The summed E-state index contributed by atoms with van der Waals surface area (Å²) in [6.45, 7) is 4.26. The van der Waals surface area contributed by atoms with Crippen molar-refractivity contribution in [3.05, 3.63) is 69.7 Å². The molecule has 1 aromatic heterocycles. The number of nitrogens with zero attached hydrogens (tertiary/aromatic N) is 2. The van der Waals surface area contributed by atoms with Gasteiger partial charge in [-0.3, -0.25) is 4.79 Å². The van der Waals surface area contributed by atoms with E-state index in [1.165, 1.54) is 14.2 Å². The maximum Gasteiger partial charge on any atom is 0.318 e. The van der Waals surface area contributed by atoms with Crippen LogP contribution in [0.2, 0.25) is 10.0 Å². The smallest absolute Gasteiger partial charge is 0.318 e. The molecule has 3 aromatic rings. The van der Waals surface area contributed by atoms with E-state index in [-0.39, 0.29) is 12.0 Å². The average molecular weight is 474 g/mol. The summed E-state index contributed by atoms with van der Waals surface area (Å²) < 4.78 is 10.2. The summed E-state index contributed by atoms with van der Waals surface area (Å²) in [5.41, 5.74) is 2.53. The second-order valence-electron chi connectivity index (χ2n) is 7.74. The minimum absolute atomic E-state index is 0.243. The van der Waals surface area contributed by atoms with Gasteiger partial charge in [-0.1, -0.05) is 47.5 Å². The fourth-order valence-corrected chi connectivity index (χ4v) is 3.75. The van der Waals surface area contributed by atoms with Gasteiger partial charge in [0, 0.05) is 28.2 Å². The van der Waals surface area contributed by atoms with Crippen LogP contribution < -0.4 is 10.1 Å². The Hall–Kier alpha value is -2.83. The minimum Gasteiger partial charge on any atom is -0.468 e. The largest absolute Gasteiger partial charge is 0.468 e. The third-order valence-corrected chi connectivity index (χ3v) is 5.77. The summed E-state index contributed by atoms with van der Waals surface area (Å²) in [6, 6.07) is 15.2. The number of hydrogen-bond acceptors (Lipinski definition) is 6. The molecular weight excluding hydrogens is 449 g/mol. The number of methoxy groups -OCH3 is 2. The van der Waals surface area contributed by atoms with Crippen molar-refractivity contribution >= 4 is 35.0 Å². The van der Waals surface area contributed by atoms with Crippen LogP contribution in [0.4, 0.5) is 5.82 Å². The van der Waals surface area contributed by atoms with Crippen molar-refractivity contribution < 1.29 is 14.3 Å². The van der Waals surface area contributed by atoms with E-state index in [9.17, 15) is 4.79 Å². The number of esters is 1. The molecule has 2 aromatic carbocycles. The van der Waals surface area contributed by atoms with E-state index >= 15 is 0 Å². The molecule has 0 spiro atoms. The lowest BCUT2D eigenvalue weighted by Crippen LogP contribution is -2.30. The van der Waals surface area contributed by atoms with Gasteiger partial charge in [-0.25, -0.2) is 0 Å². The first kappa shape index (κ1) is 23.8. The van der Waals surface area contributed by atoms with Gasteiger partial charge in [0.05, 0.1) is 25.3 Å². The molecule has 0 aliphatic rings. The highest BCUT2D eigenvalue weighted by Crippen LogP contribution is 2.30. The average Bonchev–Trinajstić information content (AvgIpc) is 2.79. The Morgan fingerprint density at radius 1 is 1.06 bits per heavy atom. The number of aromatic nitrogens is 2. The van der Waals surface area contributed by atoms with E-state index in [4.69, 9.17) is 32.7 Å². The van der Waals surface area contributed by atoms with Crippen LogP contribution in [0.25, 0.3) is 11.3 Å². The summed E-state index contributed by atoms with van der Waals surface area (Å²) in [4.78, 5) is 21.1. The summed E-state index contributed by atoms with van der Waals surface area (Å²) in [6.07, 6.45) is 0.695. The van der Waals surface area contributed by atoms with Gasteiger partial charge in [-0.05, 0) is 49.6 Å². The summed E-state index contributed by atoms with van der Waals surface area (Å²) in [5.74, 6) is 0.313. The Kier molecular flexibility index (Phi) is 7.59. The monoisotopic (exact) mass is 473 g/mol. The number of carbonyl (C=O) groups excluding carboxylic acids is 1. The second-order valence-corrected chi connectivity index (χ2v) is 8.58. The SMILES string of the molecule is COC(=O)C(C)(C)c1cccc(-c2cc(NCCc3ccc(Cl)cc3Cl)nc(OC)n2)c1. The van der Waals surface area contributed by atoms with Crippen molar-refractivity contribution in [3.8, 4) is 17.3 Å². The van der Waals surface area contributed by atoms with Crippen molar-refractivity contribution in [1.82, 2.24) is 9.97 Å². The summed E-state index contributed by atoms with van der Waals surface area (Å²) >= 11 is 12.2. The first-order chi connectivity index (χ1) is 15.2. The highest BCUT2D eigenvalue weighted by atomic mass is 35.5. The predicted molar refractivity (Wildman–Crippen MR) is 128 cm³/mol. The van der Waals surface area contributed by atoms with Crippen LogP contribution in [0, 0.1) is 0 Å². The number of hydrogen-bond donors (Lipinski definition) is 1. The molecule has 0 atom stereocenters. The topological polar surface area (TPSA) is 73.3 Å². The van der Waals surface area contributed by atoms with Crippen LogP contribution in [0.3, 0.4) is 0 Å². The van der Waals surface area contributed by atoms with Crippen molar-refractivity contribution in [3.63, 3.8) is 0 Å². The third-order valence-electron chi connectivity index (χ3n) is 5.18. The van der Waals surface area contributed by atoms with Crippen LogP contribution in [-0.2, 0) is 21.4 Å². The fourth-order valence-electron chi connectivity index (χ4n) is 3.24. The maximum absolute atomic E-state index is 12.2. The molecule has 0 aliphatic heterocycles. The zero-order chi connectivity index (χ0) is 23.3. The number of carbonyl (C=O) groups is 1. The molecule has 0 saturated carbocycles. The van der Waals surface area contributed by atoms with Gasteiger partial charge in [-0.15, -0.1) is 0 Å². The molecule has 0 bridgehead atoms. The summed E-state index contributed by atoms with van der Waals surface area (Å²) in [7, 11) is 2.91.